The minimum atomic E-state index is -3.60. The van der Waals surface area contributed by atoms with E-state index < -0.39 is 10.0 Å². The number of nitrogens with one attached hydrogen (secondary N) is 1. The fourth-order valence-corrected chi connectivity index (χ4v) is 3.89. The third-order valence-electron chi connectivity index (χ3n) is 4.27. The molecule has 1 amide bonds. The molecule has 0 unspecified atom stereocenters. The van der Waals surface area contributed by atoms with Gasteiger partial charge in [-0.25, -0.2) is 8.42 Å². The SMILES string of the molecule is CS(=O)(=O)N(CC(=O)NC[C@H]1CCCO1)c1cccc2ccccc12. The summed E-state index contributed by atoms with van der Waals surface area (Å²) in [5.74, 6) is -0.339. The van der Waals surface area contributed by atoms with Gasteiger partial charge in [-0.15, -0.1) is 0 Å². The second-order valence-electron chi connectivity index (χ2n) is 6.21. The van der Waals surface area contributed by atoms with Crippen LogP contribution in [0.1, 0.15) is 12.8 Å². The van der Waals surface area contributed by atoms with E-state index >= 15 is 0 Å². The van der Waals surface area contributed by atoms with Gasteiger partial charge in [-0.1, -0.05) is 36.4 Å². The Balaban J connectivity index is 1.81. The van der Waals surface area contributed by atoms with Crippen LogP contribution in [0.2, 0.25) is 0 Å². The number of carbonyl (C=O) groups is 1. The summed E-state index contributed by atoms with van der Waals surface area (Å²) in [4.78, 5) is 12.3. The van der Waals surface area contributed by atoms with Crippen LogP contribution in [-0.4, -0.2) is 46.4 Å². The van der Waals surface area contributed by atoms with Crippen molar-refractivity contribution in [3.63, 3.8) is 0 Å². The number of fused-ring (bicyclic) bond motifs is 1. The minimum Gasteiger partial charge on any atom is -0.376 e. The Morgan fingerprint density at radius 1 is 1.24 bits per heavy atom. The van der Waals surface area contributed by atoms with Crippen LogP contribution in [0, 0.1) is 0 Å². The lowest BCUT2D eigenvalue weighted by Crippen LogP contribution is -2.42. The summed E-state index contributed by atoms with van der Waals surface area (Å²) in [5.41, 5.74) is 0.507. The Labute approximate surface area is 147 Å². The third kappa shape index (κ3) is 4.29. The van der Waals surface area contributed by atoms with Crippen molar-refractivity contribution in [2.24, 2.45) is 0 Å². The smallest absolute Gasteiger partial charge is 0.240 e. The Morgan fingerprint density at radius 3 is 2.72 bits per heavy atom. The monoisotopic (exact) mass is 362 g/mol. The zero-order valence-corrected chi connectivity index (χ0v) is 15.0. The van der Waals surface area contributed by atoms with Gasteiger partial charge in [0.1, 0.15) is 6.54 Å². The standard InChI is InChI=1S/C18H22N2O4S/c1-25(22,23)20(13-18(21)19-12-15-8-5-11-24-15)17-10-4-7-14-6-2-3-9-16(14)17/h2-4,6-7,9-10,15H,5,8,11-13H2,1H3,(H,19,21)/t15-/m1/s1. The molecule has 0 aromatic heterocycles. The summed E-state index contributed by atoms with van der Waals surface area (Å²) in [6, 6.07) is 12.9. The summed E-state index contributed by atoms with van der Waals surface area (Å²) in [6.07, 6.45) is 3.04. The number of anilines is 1. The lowest BCUT2D eigenvalue weighted by Gasteiger charge is -2.23. The van der Waals surface area contributed by atoms with Gasteiger partial charge < -0.3 is 10.1 Å². The molecule has 2 aromatic carbocycles. The van der Waals surface area contributed by atoms with Crippen LogP contribution in [-0.2, 0) is 19.6 Å². The predicted molar refractivity (Wildman–Crippen MR) is 98.1 cm³/mol. The number of nitrogens with zero attached hydrogens (tertiary/aromatic N) is 1. The first-order valence-corrected chi connectivity index (χ1v) is 10.1. The number of ether oxygens (including phenoxy) is 1. The number of amides is 1. The summed E-state index contributed by atoms with van der Waals surface area (Å²) in [5, 5.41) is 4.49. The molecule has 2 aromatic rings. The Morgan fingerprint density at radius 2 is 2.00 bits per heavy atom. The van der Waals surface area contributed by atoms with E-state index in [4.69, 9.17) is 4.74 Å². The average Bonchev–Trinajstić information content (AvgIpc) is 3.10. The van der Waals surface area contributed by atoms with Crippen molar-refractivity contribution in [2.75, 3.05) is 30.3 Å². The van der Waals surface area contributed by atoms with Gasteiger partial charge in [-0.2, -0.15) is 0 Å². The van der Waals surface area contributed by atoms with Crippen molar-refractivity contribution in [3.05, 3.63) is 42.5 Å². The number of hydrogen-bond acceptors (Lipinski definition) is 4. The van der Waals surface area contributed by atoms with Crippen LogP contribution in [0.15, 0.2) is 42.5 Å². The minimum absolute atomic E-state index is 0.0215. The van der Waals surface area contributed by atoms with Crippen LogP contribution < -0.4 is 9.62 Å². The van der Waals surface area contributed by atoms with E-state index in [1.807, 2.05) is 30.3 Å². The van der Waals surface area contributed by atoms with E-state index in [-0.39, 0.29) is 18.6 Å². The van der Waals surface area contributed by atoms with E-state index in [2.05, 4.69) is 5.32 Å². The highest BCUT2D eigenvalue weighted by Crippen LogP contribution is 2.28. The lowest BCUT2D eigenvalue weighted by atomic mass is 10.1. The molecule has 0 aliphatic carbocycles. The third-order valence-corrected chi connectivity index (χ3v) is 5.40. The summed E-state index contributed by atoms with van der Waals surface area (Å²) >= 11 is 0. The van der Waals surface area contributed by atoms with Gasteiger partial charge in [-0.3, -0.25) is 9.10 Å². The molecule has 134 valence electrons. The van der Waals surface area contributed by atoms with Crippen LogP contribution in [0.4, 0.5) is 5.69 Å². The fraction of sp³-hybridized carbons (Fsp3) is 0.389. The topological polar surface area (TPSA) is 75.7 Å². The van der Waals surface area contributed by atoms with Crippen molar-refractivity contribution >= 4 is 32.4 Å². The van der Waals surface area contributed by atoms with E-state index in [1.54, 1.807) is 12.1 Å². The lowest BCUT2D eigenvalue weighted by molar-refractivity contribution is -0.120. The first-order chi connectivity index (χ1) is 11.9. The van der Waals surface area contributed by atoms with Crippen LogP contribution in [0.3, 0.4) is 0 Å². The number of carbonyl (C=O) groups excluding carboxylic acids is 1. The molecular weight excluding hydrogens is 340 g/mol. The number of sulfonamides is 1. The van der Waals surface area contributed by atoms with Gasteiger partial charge in [0.05, 0.1) is 18.0 Å². The fourth-order valence-electron chi connectivity index (χ4n) is 3.03. The van der Waals surface area contributed by atoms with Crippen LogP contribution in [0.5, 0.6) is 0 Å². The molecule has 1 fully saturated rings. The molecule has 0 spiro atoms. The molecular formula is C18H22N2O4S. The van der Waals surface area contributed by atoms with E-state index in [0.717, 1.165) is 34.2 Å². The number of benzene rings is 2. The largest absolute Gasteiger partial charge is 0.376 e. The molecule has 1 aliphatic heterocycles. The maximum atomic E-state index is 12.3. The van der Waals surface area contributed by atoms with Crippen molar-refractivity contribution in [1.29, 1.82) is 0 Å². The van der Waals surface area contributed by atoms with E-state index in [9.17, 15) is 13.2 Å². The predicted octanol–water partition coefficient (Wildman–Crippen LogP) is 1.90. The second kappa shape index (κ2) is 7.41. The van der Waals surface area contributed by atoms with Crippen molar-refractivity contribution in [1.82, 2.24) is 5.32 Å². The zero-order chi connectivity index (χ0) is 17.9. The van der Waals surface area contributed by atoms with Gasteiger partial charge in [-0.05, 0) is 24.3 Å². The van der Waals surface area contributed by atoms with Gasteiger partial charge in [0.25, 0.3) is 0 Å². The molecule has 0 radical (unpaired) electrons. The zero-order valence-electron chi connectivity index (χ0n) is 14.1. The van der Waals surface area contributed by atoms with Crippen molar-refractivity contribution in [3.8, 4) is 0 Å². The molecule has 1 aliphatic rings. The highest BCUT2D eigenvalue weighted by atomic mass is 32.2. The molecule has 3 rings (SSSR count). The normalized spacial score (nSPS) is 17.6. The van der Waals surface area contributed by atoms with Gasteiger partial charge >= 0.3 is 0 Å². The molecule has 1 heterocycles. The Bertz CT molecular complexity index is 855. The second-order valence-corrected chi connectivity index (χ2v) is 8.11. The Kier molecular flexibility index (Phi) is 5.24. The maximum Gasteiger partial charge on any atom is 0.240 e. The summed E-state index contributed by atoms with van der Waals surface area (Å²) in [6.45, 7) is 0.873. The quantitative estimate of drug-likeness (QED) is 0.852. The molecule has 1 saturated heterocycles. The van der Waals surface area contributed by atoms with Crippen LogP contribution in [0.25, 0.3) is 10.8 Å². The van der Waals surface area contributed by atoms with Crippen LogP contribution >= 0.6 is 0 Å². The van der Waals surface area contributed by atoms with E-state index in [0.29, 0.717) is 18.8 Å². The molecule has 1 atom stereocenters. The first-order valence-electron chi connectivity index (χ1n) is 8.29. The average molecular weight is 362 g/mol. The highest BCUT2D eigenvalue weighted by molar-refractivity contribution is 7.92. The van der Waals surface area contributed by atoms with Gasteiger partial charge in [0.2, 0.25) is 15.9 Å². The molecule has 6 nitrogen and oxygen atoms in total. The highest BCUT2D eigenvalue weighted by Gasteiger charge is 2.23. The summed E-state index contributed by atoms with van der Waals surface area (Å²) < 4.78 is 31.2. The van der Waals surface area contributed by atoms with Gasteiger partial charge in [0, 0.05) is 18.5 Å². The molecule has 0 saturated carbocycles. The maximum absolute atomic E-state index is 12.3. The number of rotatable bonds is 6. The number of hydrogen-bond donors (Lipinski definition) is 1. The van der Waals surface area contributed by atoms with Crippen molar-refractivity contribution in [2.45, 2.75) is 18.9 Å². The molecule has 25 heavy (non-hydrogen) atoms. The molecule has 1 N–H and O–H groups in total. The molecule has 0 bridgehead atoms. The van der Waals surface area contributed by atoms with Crippen molar-refractivity contribution < 1.29 is 17.9 Å². The first kappa shape index (κ1) is 17.7. The summed E-state index contributed by atoms with van der Waals surface area (Å²) in [7, 11) is -3.60. The van der Waals surface area contributed by atoms with E-state index in [1.165, 1.54) is 0 Å². The van der Waals surface area contributed by atoms with Gasteiger partial charge in [0.15, 0.2) is 0 Å². The molecule has 7 heteroatoms. The Hall–Kier alpha value is -2.12.